The number of nitrogens with one attached hydrogen (secondary N) is 1. The number of urea groups is 1. The minimum absolute atomic E-state index is 0.115. The first-order valence-corrected chi connectivity index (χ1v) is 9.67. The molecule has 1 saturated heterocycles. The number of carbonyl (C=O) groups is 3. The summed E-state index contributed by atoms with van der Waals surface area (Å²) < 4.78 is 0. The number of hydrogen-bond acceptors (Lipinski definition) is 4. The summed E-state index contributed by atoms with van der Waals surface area (Å²) in [5.74, 6) is -0.672. The van der Waals surface area contributed by atoms with E-state index in [1.165, 1.54) is 4.90 Å². The number of rotatable bonds is 11. The van der Waals surface area contributed by atoms with Crippen molar-refractivity contribution in [1.29, 1.82) is 0 Å². The van der Waals surface area contributed by atoms with Gasteiger partial charge in [-0.15, -0.1) is 0 Å². The van der Waals surface area contributed by atoms with Crippen molar-refractivity contribution in [3.8, 4) is 0 Å². The molecular weight excluding hydrogens is 346 g/mol. The van der Waals surface area contributed by atoms with Crippen LogP contribution >= 0.6 is 0 Å². The minimum atomic E-state index is -0.560. The van der Waals surface area contributed by atoms with E-state index in [-0.39, 0.29) is 18.4 Å². The molecule has 1 aliphatic rings. The number of imide groups is 1. The quantitative estimate of drug-likeness (QED) is 0.269. The fourth-order valence-electron chi connectivity index (χ4n) is 3.35. The summed E-state index contributed by atoms with van der Waals surface area (Å²) in [6.07, 6.45) is 4.92. The van der Waals surface area contributed by atoms with E-state index in [1.54, 1.807) is 10.4 Å². The molecule has 0 radical (unpaired) electrons. The minimum Gasteiger partial charge on any atom is -0.308 e. The van der Waals surface area contributed by atoms with Gasteiger partial charge in [0.25, 0.3) is 5.91 Å². The van der Waals surface area contributed by atoms with Crippen molar-refractivity contribution in [3.05, 3.63) is 35.9 Å². The third kappa shape index (κ3) is 5.79. The van der Waals surface area contributed by atoms with Crippen LogP contribution < -0.4 is 5.48 Å². The topological polar surface area (TPSA) is 89.9 Å². The molecule has 7 nitrogen and oxygen atoms in total. The fraction of sp³-hybridized carbons (Fsp3) is 0.550. The molecule has 0 aliphatic carbocycles. The average Bonchev–Trinajstić information content (AvgIpc) is 2.90. The van der Waals surface area contributed by atoms with E-state index in [1.807, 2.05) is 30.3 Å². The second-order valence-electron chi connectivity index (χ2n) is 6.89. The van der Waals surface area contributed by atoms with E-state index in [0.29, 0.717) is 25.9 Å². The molecule has 2 N–H and O–H groups in total. The number of nitrogens with zero attached hydrogens (tertiary/aromatic N) is 2. The summed E-state index contributed by atoms with van der Waals surface area (Å²) in [6.45, 7) is 2.93. The number of unbranched alkanes of at least 4 members (excludes halogenated alkanes) is 3. The lowest BCUT2D eigenvalue weighted by Gasteiger charge is -2.22. The van der Waals surface area contributed by atoms with Crippen molar-refractivity contribution < 1.29 is 19.6 Å². The Hall–Kier alpha value is -2.41. The molecule has 27 heavy (non-hydrogen) atoms. The van der Waals surface area contributed by atoms with Gasteiger partial charge >= 0.3 is 6.03 Å². The summed E-state index contributed by atoms with van der Waals surface area (Å²) in [4.78, 5) is 39.9. The van der Waals surface area contributed by atoms with Crippen LogP contribution in [0.3, 0.4) is 0 Å². The van der Waals surface area contributed by atoms with Gasteiger partial charge in [-0.05, 0) is 24.8 Å². The van der Waals surface area contributed by atoms with Crippen molar-refractivity contribution in [2.24, 2.45) is 0 Å². The third-order valence-electron chi connectivity index (χ3n) is 4.84. The van der Waals surface area contributed by atoms with Gasteiger partial charge in [-0.3, -0.25) is 19.7 Å². The van der Waals surface area contributed by atoms with Crippen molar-refractivity contribution in [2.45, 2.75) is 64.5 Å². The Morgan fingerprint density at radius 1 is 1.11 bits per heavy atom. The lowest BCUT2D eigenvalue weighted by molar-refractivity contribution is -0.131. The van der Waals surface area contributed by atoms with Crippen LogP contribution in [0.25, 0.3) is 0 Å². The van der Waals surface area contributed by atoms with Gasteiger partial charge in [0.2, 0.25) is 5.91 Å². The summed E-state index contributed by atoms with van der Waals surface area (Å²) in [5.41, 5.74) is 2.56. The largest absolute Gasteiger partial charge is 0.327 e. The van der Waals surface area contributed by atoms with Crippen LogP contribution in [0.2, 0.25) is 0 Å². The second kappa shape index (κ2) is 10.7. The molecular formula is C20H29N3O4. The molecule has 148 valence electrons. The molecule has 1 aromatic rings. The molecule has 1 fully saturated rings. The number of carbonyl (C=O) groups excluding carboxylic acids is 3. The van der Waals surface area contributed by atoms with Crippen LogP contribution in [0.5, 0.6) is 0 Å². The number of hydrogen-bond donors (Lipinski definition) is 2. The highest BCUT2D eigenvalue weighted by atomic mass is 16.5. The highest BCUT2D eigenvalue weighted by Gasteiger charge is 2.44. The monoisotopic (exact) mass is 375 g/mol. The van der Waals surface area contributed by atoms with E-state index < -0.39 is 11.9 Å². The summed E-state index contributed by atoms with van der Waals surface area (Å²) in [6, 6.07) is 8.76. The predicted octanol–water partition coefficient (Wildman–Crippen LogP) is 3.08. The molecule has 1 unspecified atom stereocenters. The summed E-state index contributed by atoms with van der Waals surface area (Å²) in [5, 5.41) is 8.61. The van der Waals surface area contributed by atoms with E-state index in [4.69, 9.17) is 5.21 Å². The fourth-order valence-corrected chi connectivity index (χ4v) is 3.35. The van der Waals surface area contributed by atoms with Gasteiger partial charge < -0.3 is 4.90 Å². The molecule has 1 aromatic carbocycles. The predicted molar refractivity (Wildman–Crippen MR) is 101 cm³/mol. The van der Waals surface area contributed by atoms with Gasteiger partial charge in [-0.25, -0.2) is 10.3 Å². The van der Waals surface area contributed by atoms with Gasteiger partial charge in [0, 0.05) is 19.5 Å². The Bertz CT molecular complexity index is 635. The lowest BCUT2D eigenvalue weighted by atomic mass is 10.1. The van der Waals surface area contributed by atoms with E-state index in [0.717, 1.165) is 31.2 Å². The zero-order chi connectivity index (χ0) is 19.6. The van der Waals surface area contributed by atoms with Crippen molar-refractivity contribution in [3.63, 3.8) is 0 Å². The maximum atomic E-state index is 12.9. The van der Waals surface area contributed by atoms with Gasteiger partial charge in [-0.1, -0.05) is 56.5 Å². The van der Waals surface area contributed by atoms with Gasteiger partial charge in [-0.2, -0.15) is 0 Å². The lowest BCUT2D eigenvalue weighted by Crippen LogP contribution is -2.35. The van der Waals surface area contributed by atoms with Crippen LogP contribution in [0.15, 0.2) is 30.3 Å². The van der Waals surface area contributed by atoms with E-state index in [9.17, 15) is 14.4 Å². The highest BCUT2D eigenvalue weighted by Crippen LogP contribution is 2.25. The molecule has 2 rings (SSSR count). The first-order chi connectivity index (χ1) is 13.1. The Morgan fingerprint density at radius 2 is 1.85 bits per heavy atom. The first kappa shape index (κ1) is 20.9. The standard InChI is InChI=1S/C20H29N3O4/c1-2-3-4-8-14-22-19(25)17(12-9-13-18(24)21-27)23(20(22)26)15-16-10-6-5-7-11-16/h5-7,10-11,17,27H,2-4,8-9,12-15H2,1H3,(H,21,24). The maximum Gasteiger partial charge on any atom is 0.327 e. The third-order valence-corrected chi connectivity index (χ3v) is 4.84. The van der Waals surface area contributed by atoms with Crippen LogP contribution in [-0.4, -0.2) is 45.4 Å². The number of hydroxylamine groups is 1. The molecule has 0 bridgehead atoms. The Labute approximate surface area is 160 Å². The first-order valence-electron chi connectivity index (χ1n) is 9.67. The molecule has 1 heterocycles. The molecule has 0 saturated carbocycles. The molecule has 7 heteroatoms. The Balaban J connectivity index is 2.06. The Morgan fingerprint density at radius 3 is 2.52 bits per heavy atom. The molecule has 0 spiro atoms. The van der Waals surface area contributed by atoms with Crippen LogP contribution in [0, 0.1) is 0 Å². The van der Waals surface area contributed by atoms with Gasteiger partial charge in [0.15, 0.2) is 0 Å². The van der Waals surface area contributed by atoms with Gasteiger partial charge in [0.1, 0.15) is 6.04 Å². The van der Waals surface area contributed by atoms with Crippen LogP contribution in [0.4, 0.5) is 4.79 Å². The maximum absolute atomic E-state index is 12.9. The SMILES string of the molecule is CCCCCCN1C(=O)C(CCCC(=O)NO)N(Cc2ccccc2)C1=O. The van der Waals surface area contributed by atoms with Crippen LogP contribution in [0.1, 0.15) is 57.4 Å². The summed E-state index contributed by atoms with van der Waals surface area (Å²) in [7, 11) is 0. The van der Waals surface area contributed by atoms with E-state index >= 15 is 0 Å². The average molecular weight is 375 g/mol. The molecule has 1 atom stereocenters. The van der Waals surface area contributed by atoms with Crippen LogP contribution in [-0.2, 0) is 16.1 Å². The number of benzene rings is 1. The normalized spacial score (nSPS) is 16.9. The second-order valence-corrected chi connectivity index (χ2v) is 6.89. The molecule has 1 aliphatic heterocycles. The number of amides is 4. The highest BCUT2D eigenvalue weighted by molar-refractivity contribution is 6.04. The van der Waals surface area contributed by atoms with Gasteiger partial charge in [0.05, 0.1) is 0 Å². The summed E-state index contributed by atoms with van der Waals surface area (Å²) >= 11 is 0. The molecule has 4 amide bonds. The zero-order valence-corrected chi connectivity index (χ0v) is 15.9. The van der Waals surface area contributed by atoms with E-state index in [2.05, 4.69) is 6.92 Å². The smallest absolute Gasteiger partial charge is 0.308 e. The Kier molecular flexibility index (Phi) is 8.26. The van der Waals surface area contributed by atoms with Crippen molar-refractivity contribution >= 4 is 17.8 Å². The van der Waals surface area contributed by atoms with Crippen molar-refractivity contribution in [1.82, 2.24) is 15.3 Å². The van der Waals surface area contributed by atoms with Crippen molar-refractivity contribution in [2.75, 3.05) is 6.54 Å². The molecule has 0 aromatic heterocycles. The zero-order valence-electron chi connectivity index (χ0n) is 15.9.